The Hall–Kier alpha value is -3.80. The van der Waals surface area contributed by atoms with Crippen LogP contribution in [0.2, 0.25) is 0 Å². The molecule has 3 aromatic rings. The van der Waals surface area contributed by atoms with Crippen molar-refractivity contribution in [2.24, 2.45) is 0 Å². The first-order valence-corrected chi connectivity index (χ1v) is 9.75. The normalized spacial score (nSPS) is 10.3. The van der Waals surface area contributed by atoms with Gasteiger partial charge < -0.3 is 15.4 Å². The minimum absolute atomic E-state index is 0.195. The average Bonchev–Trinajstić information content (AvgIpc) is 2.78. The summed E-state index contributed by atoms with van der Waals surface area (Å²) in [5.41, 5.74) is 3.54. The van der Waals surface area contributed by atoms with Crippen LogP contribution in [0, 0.1) is 0 Å². The Morgan fingerprint density at radius 3 is 1.93 bits per heavy atom. The molecule has 0 aliphatic rings. The van der Waals surface area contributed by atoms with E-state index in [9.17, 15) is 9.59 Å². The number of benzene rings is 3. The maximum Gasteiger partial charge on any atom is 0.411 e. The topological polar surface area (TPSA) is 79.5 Å². The van der Waals surface area contributed by atoms with Crippen LogP contribution in [0.1, 0.15) is 23.5 Å². The number of hydrogen-bond acceptors (Lipinski definition) is 3. The molecule has 0 saturated carbocycles. The van der Waals surface area contributed by atoms with Gasteiger partial charge in [0, 0.05) is 23.8 Å². The van der Waals surface area contributed by atoms with E-state index >= 15 is 0 Å². The number of carbonyl (C=O) groups excluding carboxylic acids is 2. The molecule has 6 nitrogen and oxygen atoms in total. The Morgan fingerprint density at radius 1 is 0.800 bits per heavy atom. The van der Waals surface area contributed by atoms with Gasteiger partial charge in [0.05, 0.1) is 7.11 Å². The number of anilines is 2. The zero-order valence-electron chi connectivity index (χ0n) is 16.8. The van der Waals surface area contributed by atoms with Gasteiger partial charge in [-0.2, -0.15) is 0 Å². The molecule has 6 heteroatoms. The predicted molar refractivity (Wildman–Crippen MR) is 119 cm³/mol. The van der Waals surface area contributed by atoms with Crippen molar-refractivity contribution in [2.45, 2.75) is 12.3 Å². The second-order valence-electron chi connectivity index (χ2n) is 6.74. The summed E-state index contributed by atoms with van der Waals surface area (Å²) in [6.07, 6.45) is 0.204. The molecule has 0 heterocycles. The minimum Gasteiger partial charge on any atom is -0.453 e. The number of urea groups is 1. The number of nitrogens with one attached hydrogen (secondary N) is 3. The molecule has 0 aliphatic heterocycles. The van der Waals surface area contributed by atoms with Gasteiger partial charge in [-0.1, -0.05) is 66.7 Å². The van der Waals surface area contributed by atoms with E-state index in [0.717, 1.165) is 6.42 Å². The summed E-state index contributed by atoms with van der Waals surface area (Å²) in [6.45, 7) is 0.514. The fourth-order valence-electron chi connectivity index (χ4n) is 3.25. The van der Waals surface area contributed by atoms with Crippen LogP contribution in [0.4, 0.5) is 21.0 Å². The molecule has 3 N–H and O–H groups in total. The lowest BCUT2D eigenvalue weighted by molar-refractivity contribution is 0.187. The number of ether oxygens (including phenoxy) is 1. The molecular weight excluding hydrogens is 378 g/mol. The highest BCUT2D eigenvalue weighted by atomic mass is 16.5. The molecular formula is C24H25N3O3. The monoisotopic (exact) mass is 403 g/mol. The van der Waals surface area contributed by atoms with E-state index in [2.05, 4.69) is 45.0 Å². The van der Waals surface area contributed by atoms with Crippen molar-refractivity contribution in [1.29, 1.82) is 0 Å². The van der Waals surface area contributed by atoms with Crippen molar-refractivity contribution in [3.8, 4) is 0 Å². The molecule has 3 aromatic carbocycles. The van der Waals surface area contributed by atoms with Crippen molar-refractivity contribution in [2.75, 3.05) is 24.3 Å². The van der Waals surface area contributed by atoms with Gasteiger partial charge in [0.15, 0.2) is 0 Å². The molecule has 3 rings (SSSR count). The summed E-state index contributed by atoms with van der Waals surface area (Å²) in [6, 6.07) is 27.1. The zero-order chi connectivity index (χ0) is 21.2. The third kappa shape index (κ3) is 6.10. The fraction of sp³-hybridized carbons (Fsp3) is 0.167. The van der Waals surface area contributed by atoms with E-state index < -0.39 is 6.09 Å². The van der Waals surface area contributed by atoms with Crippen LogP contribution in [-0.2, 0) is 4.74 Å². The first-order chi connectivity index (χ1) is 14.7. The van der Waals surface area contributed by atoms with Crippen molar-refractivity contribution in [1.82, 2.24) is 5.32 Å². The Labute approximate surface area is 176 Å². The lowest BCUT2D eigenvalue weighted by Crippen LogP contribution is -2.30. The molecule has 0 aromatic heterocycles. The fourth-order valence-corrected chi connectivity index (χ4v) is 3.25. The molecule has 0 bridgehead atoms. The number of amides is 3. The molecule has 30 heavy (non-hydrogen) atoms. The van der Waals surface area contributed by atoms with Crippen LogP contribution in [0.3, 0.4) is 0 Å². The molecule has 154 valence electrons. The number of carbonyl (C=O) groups is 2. The van der Waals surface area contributed by atoms with Gasteiger partial charge >= 0.3 is 12.1 Å². The third-order valence-corrected chi connectivity index (χ3v) is 4.67. The molecule has 0 saturated heterocycles. The highest BCUT2D eigenvalue weighted by molar-refractivity contribution is 5.91. The first-order valence-electron chi connectivity index (χ1n) is 9.75. The standard InChI is InChI=1S/C24H25N3O3/c1-30-24(29)27-21-14-8-13-20(17-21)26-23(28)25-16-15-22(18-9-4-2-5-10-18)19-11-6-3-7-12-19/h2-14,17,22H,15-16H2,1H3,(H,27,29)(H2,25,26,28). The number of methoxy groups -OCH3 is 1. The van der Waals surface area contributed by atoms with Gasteiger partial charge in [-0.15, -0.1) is 0 Å². The predicted octanol–water partition coefficient (Wildman–Crippen LogP) is 5.21. The van der Waals surface area contributed by atoms with Gasteiger partial charge in [0.2, 0.25) is 0 Å². The quantitative estimate of drug-likeness (QED) is 0.507. The molecule has 0 spiro atoms. The SMILES string of the molecule is COC(=O)Nc1cccc(NC(=O)NCCC(c2ccccc2)c2ccccc2)c1. The number of rotatable bonds is 7. The van der Waals surface area contributed by atoms with Crippen LogP contribution >= 0.6 is 0 Å². The Balaban J connectivity index is 1.57. The summed E-state index contributed by atoms with van der Waals surface area (Å²) < 4.78 is 4.57. The Kier molecular flexibility index (Phi) is 7.44. The Bertz CT molecular complexity index is 922. The third-order valence-electron chi connectivity index (χ3n) is 4.67. The van der Waals surface area contributed by atoms with Gasteiger partial charge in [-0.3, -0.25) is 5.32 Å². The smallest absolute Gasteiger partial charge is 0.411 e. The zero-order valence-corrected chi connectivity index (χ0v) is 16.8. The second-order valence-corrected chi connectivity index (χ2v) is 6.74. The van der Waals surface area contributed by atoms with E-state index in [1.54, 1.807) is 24.3 Å². The molecule has 0 unspecified atom stereocenters. The van der Waals surface area contributed by atoms with Crippen LogP contribution in [-0.4, -0.2) is 25.8 Å². The van der Waals surface area contributed by atoms with Gasteiger partial charge in [-0.25, -0.2) is 9.59 Å². The van der Waals surface area contributed by atoms with Crippen LogP contribution in [0.15, 0.2) is 84.9 Å². The molecule has 3 amide bonds. The van der Waals surface area contributed by atoms with Gasteiger partial charge in [-0.05, 0) is 35.7 Å². The summed E-state index contributed by atoms with van der Waals surface area (Å²) in [4.78, 5) is 23.6. The molecule has 0 radical (unpaired) electrons. The van der Waals surface area contributed by atoms with E-state index in [0.29, 0.717) is 17.9 Å². The van der Waals surface area contributed by atoms with Crippen LogP contribution in [0.25, 0.3) is 0 Å². The molecule has 0 fully saturated rings. The van der Waals surface area contributed by atoms with Crippen molar-refractivity contribution < 1.29 is 14.3 Å². The maximum absolute atomic E-state index is 12.3. The van der Waals surface area contributed by atoms with E-state index in [-0.39, 0.29) is 11.9 Å². The minimum atomic E-state index is -0.565. The molecule has 0 atom stereocenters. The number of hydrogen-bond donors (Lipinski definition) is 3. The summed E-state index contributed by atoms with van der Waals surface area (Å²) in [5, 5.41) is 8.26. The second kappa shape index (κ2) is 10.7. The lowest BCUT2D eigenvalue weighted by Gasteiger charge is -2.18. The molecule has 0 aliphatic carbocycles. The lowest BCUT2D eigenvalue weighted by atomic mass is 9.88. The van der Waals surface area contributed by atoms with E-state index in [1.807, 2.05) is 36.4 Å². The van der Waals surface area contributed by atoms with Gasteiger partial charge in [0.25, 0.3) is 0 Å². The summed E-state index contributed by atoms with van der Waals surface area (Å²) in [5.74, 6) is 0.195. The van der Waals surface area contributed by atoms with Crippen molar-refractivity contribution in [3.05, 3.63) is 96.1 Å². The largest absolute Gasteiger partial charge is 0.453 e. The average molecular weight is 403 g/mol. The van der Waals surface area contributed by atoms with Crippen molar-refractivity contribution in [3.63, 3.8) is 0 Å². The van der Waals surface area contributed by atoms with Gasteiger partial charge in [0.1, 0.15) is 0 Å². The highest BCUT2D eigenvalue weighted by Gasteiger charge is 2.14. The van der Waals surface area contributed by atoms with Crippen molar-refractivity contribution >= 4 is 23.5 Å². The van der Waals surface area contributed by atoms with E-state index in [4.69, 9.17) is 0 Å². The Morgan fingerprint density at radius 2 is 1.37 bits per heavy atom. The highest BCUT2D eigenvalue weighted by Crippen LogP contribution is 2.27. The summed E-state index contributed by atoms with van der Waals surface area (Å²) in [7, 11) is 1.29. The first kappa shape index (κ1) is 20.9. The van der Waals surface area contributed by atoms with Crippen LogP contribution < -0.4 is 16.0 Å². The maximum atomic E-state index is 12.3. The summed E-state index contributed by atoms with van der Waals surface area (Å²) >= 11 is 0. The van der Waals surface area contributed by atoms with Crippen LogP contribution in [0.5, 0.6) is 0 Å². The van der Waals surface area contributed by atoms with E-state index in [1.165, 1.54) is 18.2 Å².